The van der Waals surface area contributed by atoms with Gasteiger partial charge in [0.05, 0.1) is 0 Å². The lowest BCUT2D eigenvalue weighted by molar-refractivity contribution is -0.0496. The Hall–Kier alpha value is -1.81. The van der Waals surface area contributed by atoms with Gasteiger partial charge >= 0.3 is 15.5 Å². The number of halogens is 3. The Labute approximate surface area is 176 Å². The highest BCUT2D eigenvalue weighted by Crippen LogP contribution is 2.48. The summed E-state index contributed by atoms with van der Waals surface area (Å²) in [6.45, 7) is 3.19. The number of benzene rings is 1. The van der Waals surface area contributed by atoms with Gasteiger partial charge in [-0.2, -0.15) is 17.5 Å². The fourth-order valence-corrected chi connectivity index (χ4v) is 5.06. The van der Waals surface area contributed by atoms with E-state index >= 15 is 0 Å². The Bertz CT molecular complexity index is 874. The van der Waals surface area contributed by atoms with Crippen LogP contribution in [0.5, 0.6) is 0 Å². The summed E-state index contributed by atoms with van der Waals surface area (Å²) >= 11 is 0. The highest BCUT2D eigenvalue weighted by atomic mass is 32.2. The van der Waals surface area contributed by atoms with Gasteiger partial charge in [0.2, 0.25) is 0 Å². The van der Waals surface area contributed by atoms with Crippen molar-refractivity contribution in [2.75, 3.05) is 33.2 Å². The molecular formula is C20H29F3N4O2S. The molecule has 3 rings (SSSR count). The van der Waals surface area contributed by atoms with E-state index in [4.69, 9.17) is 0 Å². The van der Waals surface area contributed by atoms with Crippen molar-refractivity contribution in [1.29, 1.82) is 0 Å². The Morgan fingerprint density at radius 3 is 2.37 bits per heavy atom. The third-order valence-electron chi connectivity index (χ3n) is 6.15. The number of sulfonamides is 1. The van der Waals surface area contributed by atoms with E-state index in [-0.39, 0.29) is 24.4 Å². The first-order valence-corrected chi connectivity index (χ1v) is 11.6. The lowest BCUT2D eigenvalue weighted by Gasteiger charge is -2.32. The molecule has 0 aromatic heterocycles. The van der Waals surface area contributed by atoms with Crippen molar-refractivity contribution in [1.82, 2.24) is 14.9 Å². The first-order valence-electron chi connectivity index (χ1n) is 10.2. The van der Waals surface area contributed by atoms with Crippen LogP contribution in [0.25, 0.3) is 0 Å². The third kappa shape index (κ3) is 4.91. The van der Waals surface area contributed by atoms with Crippen molar-refractivity contribution < 1.29 is 21.6 Å². The van der Waals surface area contributed by atoms with E-state index in [9.17, 15) is 21.6 Å². The van der Waals surface area contributed by atoms with E-state index in [1.54, 1.807) is 7.05 Å². The molecule has 1 aliphatic carbocycles. The summed E-state index contributed by atoms with van der Waals surface area (Å²) in [6.07, 6.45) is 3.00. The largest absolute Gasteiger partial charge is 0.511 e. The normalized spacial score (nSPS) is 20.8. The number of nitrogens with zero attached hydrogens (tertiary/aromatic N) is 2. The maximum absolute atomic E-state index is 12.7. The zero-order valence-electron chi connectivity index (χ0n) is 17.3. The summed E-state index contributed by atoms with van der Waals surface area (Å²) in [6, 6.07) is 8.38. The van der Waals surface area contributed by atoms with Crippen molar-refractivity contribution in [3.05, 3.63) is 35.4 Å². The molecule has 1 saturated carbocycles. The fourth-order valence-electron chi connectivity index (χ4n) is 4.07. The zero-order chi connectivity index (χ0) is 22.0. The minimum atomic E-state index is -5.24. The number of hydrogen-bond acceptors (Lipinski definition) is 3. The third-order valence-corrected chi connectivity index (χ3v) is 7.78. The molecule has 2 aliphatic rings. The number of aliphatic imine (C=N–C) groups is 1. The monoisotopic (exact) mass is 446 g/mol. The predicted molar refractivity (Wildman–Crippen MR) is 111 cm³/mol. The van der Waals surface area contributed by atoms with Gasteiger partial charge < -0.3 is 10.6 Å². The molecule has 0 bridgehead atoms. The molecule has 1 aromatic carbocycles. The molecule has 6 nitrogen and oxygen atoms in total. The minimum Gasteiger partial charge on any atom is -0.356 e. The Kier molecular flexibility index (Phi) is 6.66. The number of rotatable bonds is 6. The highest BCUT2D eigenvalue weighted by Gasteiger charge is 2.50. The maximum Gasteiger partial charge on any atom is 0.511 e. The van der Waals surface area contributed by atoms with E-state index in [1.807, 2.05) is 6.07 Å². The van der Waals surface area contributed by atoms with Crippen LogP contribution in [-0.2, 0) is 15.4 Å². The first kappa shape index (κ1) is 22.9. The smallest absolute Gasteiger partial charge is 0.356 e. The summed E-state index contributed by atoms with van der Waals surface area (Å²) < 4.78 is 61.6. The molecule has 2 fully saturated rings. The molecule has 0 unspecified atom stereocenters. The Morgan fingerprint density at radius 1 is 1.20 bits per heavy atom. The van der Waals surface area contributed by atoms with Crippen LogP contribution >= 0.6 is 0 Å². The van der Waals surface area contributed by atoms with Crippen molar-refractivity contribution in [2.45, 2.75) is 43.5 Å². The second kappa shape index (κ2) is 8.74. The van der Waals surface area contributed by atoms with Gasteiger partial charge in [-0.05, 0) is 49.7 Å². The van der Waals surface area contributed by atoms with Gasteiger partial charge in [0, 0.05) is 38.6 Å². The summed E-state index contributed by atoms with van der Waals surface area (Å²) in [4.78, 5) is 4.25. The lowest BCUT2D eigenvalue weighted by Crippen LogP contribution is -2.47. The topological polar surface area (TPSA) is 73.8 Å². The lowest BCUT2D eigenvalue weighted by atomic mass is 9.92. The number of alkyl halides is 3. The number of piperidine rings is 1. The molecule has 168 valence electrons. The van der Waals surface area contributed by atoms with Crippen LogP contribution in [0, 0.1) is 12.8 Å². The van der Waals surface area contributed by atoms with Crippen LogP contribution in [0.4, 0.5) is 13.2 Å². The second-order valence-corrected chi connectivity index (χ2v) is 10.1. The first-order chi connectivity index (χ1) is 14.1. The van der Waals surface area contributed by atoms with E-state index in [1.165, 1.54) is 11.1 Å². The van der Waals surface area contributed by atoms with Crippen LogP contribution in [-0.4, -0.2) is 57.4 Å². The van der Waals surface area contributed by atoms with Crippen LogP contribution in [0.1, 0.15) is 36.8 Å². The molecule has 10 heteroatoms. The standard InChI is InChI=1S/C20H29F3N4O2S/c1-15-5-3-4-6-17(15)19(9-10-19)14-26-18(24-2)25-13-16-7-11-27(12-8-16)30(28,29)20(21,22)23/h3-6,16H,7-14H2,1-2H3,(H2,24,25,26). The minimum absolute atomic E-state index is 0.0921. The molecule has 0 amide bonds. The molecular weight excluding hydrogens is 417 g/mol. The van der Waals surface area contributed by atoms with Gasteiger partial charge in [0.15, 0.2) is 5.96 Å². The molecule has 0 radical (unpaired) electrons. The van der Waals surface area contributed by atoms with Crippen LogP contribution < -0.4 is 10.6 Å². The molecule has 1 aliphatic heterocycles. The van der Waals surface area contributed by atoms with Gasteiger partial charge in [-0.3, -0.25) is 4.99 Å². The number of guanidine groups is 1. The number of hydrogen-bond donors (Lipinski definition) is 2. The van der Waals surface area contributed by atoms with Crippen molar-refractivity contribution in [2.24, 2.45) is 10.9 Å². The summed E-state index contributed by atoms with van der Waals surface area (Å²) in [5.74, 6) is 0.745. The molecule has 30 heavy (non-hydrogen) atoms. The fraction of sp³-hybridized carbons (Fsp3) is 0.650. The van der Waals surface area contributed by atoms with E-state index < -0.39 is 15.5 Å². The van der Waals surface area contributed by atoms with Crippen molar-refractivity contribution >= 4 is 16.0 Å². The van der Waals surface area contributed by atoms with Gasteiger partial charge in [-0.25, -0.2) is 8.42 Å². The quantitative estimate of drug-likeness (QED) is 0.521. The molecule has 1 saturated heterocycles. The van der Waals surface area contributed by atoms with Crippen LogP contribution in [0.2, 0.25) is 0 Å². The average molecular weight is 447 g/mol. The molecule has 2 N–H and O–H groups in total. The average Bonchev–Trinajstić information content (AvgIpc) is 3.49. The number of aryl methyl sites for hydroxylation is 1. The molecule has 0 atom stereocenters. The Morgan fingerprint density at radius 2 is 1.83 bits per heavy atom. The van der Waals surface area contributed by atoms with Gasteiger partial charge in [-0.1, -0.05) is 24.3 Å². The molecule has 1 aromatic rings. The number of nitrogens with one attached hydrogen (secondary N) is 2. The summed E-state index contributed by atoms with van der Waals surface area (Å²) in [5.41, 5.74) is -2.48. The van der Waals surface area contributed by atoms with Gasteiger partial charge in [-0.15, -0.1) is 0 Å². The highest BCUT2D eigenvalue weighted by molar-refractivity contribution is 7.90. The van der Waals surface area contributed by atoms with Gasteiger partial charge in [0.1, 0.15) is 0 Å². The van der Waals surface area contributed by atoms with E-state index in [2.05, 4.69) is 40.7 Å². The molecule has 0 spiro atoms. The van der Waals surface area contributed by atoms with Crippen molar-refractivity contribution in [3.8, 4) is 0 Å². The zero-order valence-corrected chi connectivity index (χ0v) is 18.1. The van der Waals surface area contributed by atoms with Crippen molar-refractivity contribution in [3.63, 3.8) is 0 Å². The van der Waals surface area contributed by atoms with Crippen LogP contribution in [0.15, 0.2) is 29.3 Å². The van der Waals surface area contributed by atoms with E-state index in [0.717, 1.165) is 19.4 Å². The molecule has 1 heterocycles. The predicted octanol–water partition coefficient (Wildman–Crippen LogP) is 2.75. The van der Waals surface area contributed by atoms with Gasteiger partial charge in [0.25, 0.3) is 0 Å². The van der Waals surface area contributed by atoms with E-state index in [0.29, 0.717) is 29.7 Å². The maximum atomic E-state index is 12.7. The Balaban J connectivity index is 1.47. The second-order valence-electron chi connectivity index (χ2n) is 8.20. The van der Waals surface area contributed by atoms with Crippen LogP contribution in [0.3, 0.4) is 0 Å². The SMILES string of the molecule is CN=C(NCC1CCN(S(=O)(=O)C(F)(F)F)CC1)NCC1(c2ccccc2C)CC1. The summed E-state index contributed by atoms with van der Waals surface area (Å²) in [7, 11) is -3.55. The summed E-state index contributed by atoms with van der Waals surface area (Å²) in [5, 5.41) is 6.61.